The maximum absolute atomic E-state index is 11.7. The Bertz CT molecular complexity index is 921. The third-order valence-corrected chi connectivity index (χ3v) is 3.73. The fourth-order valence-electron chi connectivity index (χ4n) is 2.48. The molecule has 0 aliphatic carbocycles. The van der Waals surface area contributed by atoms with Gasteiger partial charge in [-0.25, -0.2) is 0 Å². The van der Waals surface area contributed by atoms with Crippen LogP contribution >= 0.6 is 0 Å². The molecule has 0 fully saturated rings. The highest BCUT2D eigenvalue weighted by Crippen LogP contribution is 2.27. The second-order valence-electron chi connectivity index (χ2n) is 5.41. The van der Waals surface area contributed by atoms with E-state index in [1.54, 1.807) is 30.3 Å². The number of ether oxygens (including phenoxy) is 1. The van der Waals surface area contributed by atoms with Crippen LogP contribution in [0, 0.1) is 0 Å². The molecule has 0 heterocycles. The predicted octanol–water partition coefficient (Wildman–Crippen LogP) is 2.62. The molecule has 5 nitrogen and oxygen atoms in total. The number of benzene rings is 3. The summed E-state index contributed by atoms with van der Waals surface area (Å²) in [5.74, 6) is -0.711. The van der Waals surface area contributed by atoms with Crippen molar-refractivity contribution >= 4 is 22.6 Å². The smallest absolute Gasteiger partial charge is 0.252 e. The van der Waals surface area contributed by atoms with Crippen LogP contribution in [0.3, 0.4) is 0 Å². The lowest BCUT2D eigenvalue weighted by atomic mass is 10.0. The Kier molecular flexibility index (Phi) is 4.16. The molecule has 3 rings (SSSR count). The number of primary amides is 2. The number of carbonyl (C=O) groups is 2. The molecular formula is C19H16N2O3. The summed E-state index contributed by atoms with van der Waals surface area (Å²) in [6.45, 7) is 0.325. The van der Waals surface area contributed by atoms with Gasteiger partial charge in [0, 0.05) is 5.56 Å². The van der Waals surface area contributed by atoms with E-state index in [9.17, 15) is 9.59 Å². The van der Waals surface area contributed by atoms with Crippen LogP contribution in [0.15, 0.2) is 60.7 Å². The maximum atomic E-state index is 11.7. The van der Waals surface area contributed by atoms with Crippen LogP contribution in [0.1, 0.15) is 26.3 Å². The minimum Gasteiger partial charge on any atom is -0.488 e. The Morgan fingerprint density at radius 2 is 1.58 bits per heavy atom. The second kappa shape index (κ2) is 6.42. The first kappa shape index (κ1) is 15.6. The lowest BCUT2D eigenvalue weighted by Crippen LogP contribution is -2.13. The highest BCUT2D eigenvalue weighted by Gasteiger charge is 2.13. The van der Waals surface area contributed by atoms with Gasteiger partial charge in [0.2, 0.25) is 5.91 Å². The van der Waals surface area contributed by atoms with Gasteiger partial charge in [-0.15, -0.1) is 0 Å². The molecule has 5 heteroatoms. The summed E-state index contributed by atoms with van der Waals surface area (Å²) in [6, 6.07) is 18.0. The van der Waals surface area contributed by atoms with E-state index in [0.717, 1.165) is 10.9 Å². The quantitative estimate of drug-likeness (QED) is 0.756. The van der Waals surface area contributed by atoms with Gasteiger partial charge < -0.3 is 16.2 Å². The SMILES string of the molecule is NC(=O)c1ccc2cc(OCc3ccccc3)c(C(N)=O)cc2c1. The minimum absolute atomic E-state index is 0.264. The van der Waals surface area contributed by atoms with E-state index < -0.39 is 11.8 Å². The van der Waals surface area contributed by atoms with Gasteiger partial charge >= 0.3 is 0 Å². The van der Waals surface area contributed by atoms with Crippen LogP contribution < -0.4 is 16.2 Å². The van der Waals surface area contributed by atoms with Gasteiger partial charge in [-0.2, -0.15) is 0 Å². The average Bonchev–Trinajstić information content (AvgIpc) is 2.59. The van der Waals surface area contributed by atoms with Crippen LogP contribution in [0.4, 0.5) is 0 Å². The normalized spacial score (nSPS) is 10.5. The van der Waals surface area contributed by atoms with E-state index in [4.69, 9.17) is 16.2 Å². The molecule has 0 atom stereocenters. The van der Waals surface area contributed by atoms with Gasteiger partial charge in [0.1, 0.15) is 12.4 Å². The summed E-state index contributed by atoms with van der Waals surface area (Å²) in [4.78, 5) is 23.0. The third-order valence-electron chi connectivity index (χ3n) is 3.73. The summed E-state index contributed by atoms with van der Waals surface area (Å²) in [7, 11) is 0. The fraction of sp³-hybridized carbons (Fsp3) is 0.0526. The maximum Gasteiger partial charge on any atom is 0.252 e. The molecular weight excluding hydrogens is 304 g/mol. The molecule has 0 radical (unpaired) electrons. The van der Waals surface area contributed by atoms with Gasteiger partial charge in [-0.3, -0.25) is 9.59 Å². The van der Waals surface area contributed by atoms with Crippen molar-refractivity contribution in [3.63, 3.8) is 0 Å². The van der Waals surface area contributed by atoms with Gasteiger partial charge in [-0.1, -0.05) is 36.4 Å². The molecule has 24 heavy (non-hydrogen) atoms. The van der Waals surface area contributed by atoms with Crippen molar-refractivity contribution in [3.05, 3.63) is 77.4 Å². The predicted molar refractivity (Wildman–Crippen MR) is 91.8 cm³/mol. The van der Waals surface area contributed by atoms with Crippen LogP contribution in [-0.2, 0) is 6.61 Å². The molecule has 2 amide bonds. The van der Waals surface area contributed by atoms with Crippen LogP contribution in [0.5, 0.6) is 5.75 Å². The number of amides is 2. The lowest BCUT2D eigenvalue weighted by Gasteiger charge is -2.12. The Morgan fingerprint density at radius 1 is 0.833 bits per heavy atom. The van der Waals surface area contributed by atoms with Gasteiger partial charge in [0.15, 0.2) is 0 Å². The van der Waals surface area contributed by atoms with Gasteiger partial charge in [0.05, 0.1) is 5.56 Å². The van der Waals surface area contributed by atoms with Crippen molar-refractivity contribution < 1.29 is 14.3 Å². The van der Waals surface area contributed by atoms with Crippen LogP contribution in [0.25, 0.3) is 10.8 Å². The highest BCUT2D eigenvalue weighted by atomic mass is 16.5. The van der Waals surface area contributed by atoms with Gasteiger partial charge in [-0.05, 0) is 40.6 Å². The zero-order chi connectivity index (χ0) is 17.1. The first-order chi connectivity index (χ1) is 11.5. The summed E-state index contributed by atoms with van der Waals surface area (Å²) < 4.78 is 5.78. The molecule has 0 spiro atoms. The zero-order valence-electron chi connectivity index (χ0n) is 12.9. The topological polar surface area (TPSA) is 95.4 Å². The number of nitrogens with two attached hydrogens (primary N) is 2. The van der Waals surface area contributed by atoms with Crippen molar-refractivity contribution in [1.82, 2.24) is 0 Å². The molecule has 3 aromatic rings. The molecule has 0 aromatic heterocycles. The molecule has 3 aromatic carbocycles. The van der Waals surface area contributed by atoms with E-state index in [-0.39, 0.29) is 5.56 Å². The van der Waals surface area contributed by atoms with Gasteiger partial charge in [0.25, 0.3) is 5.91 Å². The molecule has 0 bridgehead atoms. The first-order valence-electron chi connectivity index (χ1n) is 7.39. The summed E-state index contributed by atoms with van der Waals surface area (Å²) >= 11 is 0. The van der Waals surface area contributed by atoms with Crippen molar-refractivity contribution in [1.29, 1.82) is 0 Å². The second-order valence-corrected chi connectivity index (χ2v) is 5.41. The number of carbonyl (C=O) groups excluding carboxylic acids is 2. The average molecular weight is 320 g/mol. The van der Waals surface area contributed by atoms with E-state index in [0.29, 0.717) is 23.3 Å². The number of hydrogen-bond acceptors (Lipinski definition) is 3. The van der Waals surface area contributed by atoms with Crippen molar-refractivity contribution in [2.45, 2.75) is 6.61 Å². The molecule has 120 valence electrons. The number of hydrogen-bond donors (Lipinski definition) is 2. The van der Waals surface area contributed by atoms with Crippen LogP contribution in [0.2, 0.25) is 0 Å². The Labute approximate surface area is 138 Å². The van der Waals surface area contributed by atoms with E-state index in [2.05, 4.69) is 0 Å². The summed E-state index contributed by atoms with van der Waals surface area (Å²) in [6.07, 6.45) is 0. The largest absolute Gasteiger partial charge is 0.488 e. The summed E-state index contributed by atoms with van der Waals surface area (Å²) in [5.41, 5.74) is 12.4. The third kappa shape index (κ3) is 3.20. The first-order valence-corrected chi connectivity index (χ1v) is 7.39. The van der Waals surface area contributed by atoms with Crippen LogP contribution in [-0.4, -0.2) is 11.8 Å². The number of rotatable bonds is 5. The highest BCUT2D eigenvalue weighted by molar-refractivity contribution is 6.03. The molecule has 0 aliphatic heterocycles. The standard InChI is InChI=1S/C19H16N2O3/c20-18(22)14-7-6-13-10-17(16(19(21)23)9-15(13)8-14)24-11-12-4-2-1-3-5-12/h1-10H,11H2,(H2,20,22)(H2,21,23). The Morgan fingerprint density at radius 3 is 2.25 bits per heavy atom. The van der Waals surface area contributed by atoms with Crippen molar-refractivity contribution in [2.24, 2.45) is 11.5 Å². The minimum atomic E-state index is -0.593. The molecule has 0 saturated carbocycles. The fourth-order valence-corrected chi connectivity index (χ4v) is 2.48. The zero-order valence-corrected chi connectivity index (χ0v) is 12.9. The monoisotopic (exact) mass is 320 g/mol. The van der Waals surface area contributed by atoms with Crippen molar-refractivity contribution in [3.8, 4) is 5.75 Å². The lowest BCUT2D eigenvalue weighted by molar-refractivity contribution is 0.0990. The van der Waals surface area contributed by atoms with E-state index >= 15 is 0 Å². The Balaban J connectivity index is 1.99. The van der Waals surface area contributed by atoms with E-state index in [1.807, 2.05) is 30.3 Å². The molecule has 4 N–H and O–H groups in total. The number of fused-ring (bicyclic) bond motifs is 1. The molecule has 0 unspecified atom stereocenters. The van der Waals surface area contributed by atoms with E-state index in [1.165, 1.54) is 0 Å². The molecule has 0 saturated heterocycles. The van der Waals surface area contributed by atoms with Crippen molar-refractivity contribution in [2.75, 3.05) is 0 Å². The summed E-state index contributed by atoms with van der Waals surface area (Å²) in [5, 5.41) is 1.53. The molecule has 0 aliphatic rings. The Hall–Kier alpha value is -3.34.